The molecular formula is C18H23N5O2. The minimum atomic E-state index is -0.133. The van der Waals surface area contributed by atoms with Gasteiger partial charge in [-0.1, -0.05) is 17.3 Å². The van der Waals surface area contributed by atoms with E-state index in [1.807, 2.05) is 45.0 Å². The molecule has 2 aromatic rings. The van der Waals surface area contributed by atoms with Crippen LogP contribution in [0.4, 0.5) is 0 Å². The molecule has 1 fully saturated rings. The van der Waals surface area contributed by atoms with Crippen molar-refractivity contribution in [2.75, 3.05) is 19.6 Å². The molecule has 132 valence electrons. The molecule has 25 heavy (non-hydrogen) atoms. The zero-order valence-corrected chi connectivity index (χ0v) is 15.1. The Morgan fingerprint density at radius 3 is 2.60 bits per heavy atom. The number of nitrogens with zero attached hydrogens (tertiary/aromatic N) is 5. The fourth-order valence-corrected chi connectivity index (χ4v) is 3.29. The molecule has 1 aromatic heterocycles. The van der Waals surface area contributed by atoms with Gasteiger partial charge in [0.25, 0.3) is 5.91 Å². The van der Waals surface area contributed by atoms with Gasteiger partial charge in [-0.15, -0.1) is 5.10 Å². The van der Waals surface area contributed by atoms with Gasteiger partial charge < -0.3 is 9.80 Å². The van der Waals surface area contributed by atoms with E-state index in [4.69, 9.17) is 0 Å². The smallest absolute Gasteiger partial charge is 0.276 e. The fraction of sp³-hybridized carbons (Fsp3) is 0.444. The van der Waals surface area contributed by atoms with Crippen molar-refractivity contribution in [3.63, 3.8) is 0 Å². The Morgan fingerprint density at radius 2 is 1.96 bits per heavy atom. The van der Waals surface area contributed by atoms with E-state index in [1.165, 1.54) is 0 Å². The number of piperazine rings is 1. The number of amides is 2. The third-order valence-electron chi connectivity index (χ3n) is 4.66. The lowest BCUT2D eigenvalue weighted by molar-refractivity contribution is -0.132. The van der Waals surface area contributed by atoms with E-state index in [0.717, 1.165) is 16.9 Å². The Labute approximate surface area is 147 Å². The summed E-state index contributed by atoms with van der Waals surface area (Å²) >= 11 is 0. The fourth-order valence-electron chi connectivity index (χ4n) is 3.29. The van der Waals surface area contributed by atoms with Crippen molar-refractivity contribution in [1.82, 2.24) is 24.8 Å². The van der Waals surface area contributed by atoms with Gasteiger partial charge in [0.15, 0.2) is 5.69 Å². The van der Waals surface area contributed by atoms with E-state index in [1.54, 1.807) is 21.4 Å². The molecule has 2 amide bonds. The Kier molecular flexibility index (Phi) is 4.57. The van der Waals surface area contributed by atoms with Gasteiger partial charge in [-0.05, 0) is 38.5 Å². The second kappa shape index (κ2) is 6.66. The summed E-state index contributed by atoms with van der Waals surface area (Å²) in [7, 11) is 0. The molecule has 1 atom stereocenters. The van der Waals surface area contributed by atoms with Crippen LogP contribution in [0.5, 0.6) is 0 Å². The van der Waals surface area contributed by atoms with Crippen LogP contribution in [0.25, 0.3) is 5.69 Å². The average Bonchev–Trinajstić information content (AvgIpc) is 2.95. The van der Waals surface area contributed by atoms with Crippen LogP contribution < -0.4 is 0 Å². The van der Waals surface area contributed by atoms with Crippen molar-refractivity contribution in [2.45, 2.75) is 33.7 Å². The molecule has 3 rings (SSSR count). The van der Waals surface area contributed by atoms with Crippen molar-refractivity contribution in [1.29, 1.82) is 0 Å². The lowest BCUT2D eigenvalue weighted by Gasteiger charge is -2.39. The first-order valence-electron chi connectivity index (χ1n) is 8.44. The molecule has 1 aliphatic rings. The summed E-state index contributed by atoms with van der Waals surface area (Å²) in [6, 6.07) is 7.91. The highest BCUT2D eigenvalue weighted by molar-refractivity contribution is 5.93. The summed E-state index contributed by atoms with van der Waals surface area (Å²) in [4.78, 5) is 28.0. The van der Waals surface area contributed by atoms with E-state index in [9.17, 15) is 9.59 Å². The Balaban J connectivity index is 1.81. The number of aryl methyl sites for hydroxylation is 1. The van der Waals surface area contributed by atoms with Crippen LogP contribution in [0.2, 0.25) is 0 Å². The predicted molar refractivity (Wildman–Crippen MR) is 93.6 cm³/mol. The molecule has 0 spiro atoms. The number of benzene rings is 1. The van der Waals surface area contributed by atoms with Crippen LogP contribution in [0, 0.1) is 13.8 Å². The topological polar surface area (TPSA) is 71.3 Å². The summed E-state index contributed by atoms with van der Waals surface area (Å²) in [5, 5.41) is 8.28. The molecular weight excluding hydrogens is 318 g/mol. The molecule has 0 bridgehead atoms. The number of carbonyl (C=O) groups is 2. The summed E-state index contributed by atoms with van der Waals surface area (Å²) in [5.74, 6) is -0.0902. The molecule has 7 nitrogen and oxygen atoms in total. The number of aromatic nitrogens is 3. The molecule has 0 saturated carbocycles. The summed E-state index contributed by atoms with van der Waals surface area (Å²) in [6.45, 7) is 8.95. The molecule has 7 heteroatoms. The maximum atomic E-state index is 12.9. The van der Waals surface area contributed by atoms with Gasteiger partial charge in [-0.3, -0.25) is 9.59 Å². The van der Waals surface area contributed by atoms with E-state index in [0.29, 0.717) is 25.3 Å². The van der Waals surface area contributed by atoms with Gasteiger partial charge in [0, 0.05) is 32.6 Å². The predicted octanol–water partition coefficient (Wildman–Crippen LogP) is 1.58. The van der Waals surface area contributed by atoms with Crippen LogP contribution in [-0.2, 0) is 4.79 Å². The van der Waals surface area contributed by atoms with Crippen LogP contribution >= 0.6 is 0 Å². The molecule has 1 aromatic carbocycles. The third kappa shape index (κ3) is 3.26. The van der Waals surface area contributed by atoms with Crippen molar-refractivity contribution in [2.24, 2.45) is 0 Å². The monoisotopic (exact) mass is 341 g/mol. The number of rotatable bonds is 2. The number of hydrogen-bond acceptors (Lipinski definition) is 4. The Morgan fingerprint density at radius 1 is 1.20 bits per heavy atom. The van der Waals surface area contributed by atoms with Crippen LogP contribution in [0.15, 0.2) is 24.3 Å². The molecule has 0 radical (unpaired) electrons. The van der Waals surface area contributed by atoms with Crippen molar-refractivity contribution < 1.29 is 9.59 Å². The zero-order valence-electron chi connectivity index (χ0n) is 15.1. The molecule has 0 N–H and O–H groups in total. The van der Waals surface area contributed by atoms with Gasteiger partial charge in [-0.2, -0.15) is 0 Å². The molecule has 0 aliphatic carbocycles. The summed E-state index contributed by atoms with van der Waals surface area (Å²) < 4.78 is 1.69. The lowest BCUT2D eigenvalue weighted by atomic mass is 10.1. The minimum Gasteiger partial charge on any atom is -0.337 e. The Hall–Kier alpha value is -2.70. The second-order valence-electron chi connectivity index (χ2n) is 6.59. The van der Waals surface area contributed by atoms with E-state index in [2.05, 4.69) is 10.3 Å². The first-order valence-corrected chi connectivity index (χ1v) is 8.44. The first-order chi connectivity index (χ1) is 11.9. The van der Waals surface area contributed by atoms with Crippen LogP contribution in [0.3, 0.4) is 0 Å². The van der Waals surface area contributed by atoms with Crippen molar-refractivity contribution in [3.05, 3.63) is 41.2 Å². The van der Waals surface area contributed by atoms with Crippen LogP contribution in [-0.4, -0.2) is 62.3 Å². The minimum absolute atomic E-state index is 0.00215. The van der Waals surface area contributed by atoms with Gasteiger partial charge in [0.05, 0.1) is 11.4 Å². The maximum absolute atomic E-state index is 12.9. The average molecular weight is 341 g/mol. The summed E-state index contributed by atoms with van der Waals surface area (Å²) in [6.07, 6.45) is 0. The highest BCUT2D eigenvalue weighted by Gasteiger charge is 2.31. The van der Waals surface area contributed by atoms with Gasteiger partial charge >= 0.3 is 0 Å². The summed E-state index contributed by atoms with van der Waals surface area (Å²) in [5.41, 5.74) is 3.09. The maximum Gasteiger partial charge on any atom is 0.276 e. The largest absolute Gasteiger partial charge is 0.337 e. The van der Waals surface area contributed by atoms with Crippen molar-refractivity contribution >= 4 is 11.8 Å². The Bertz CT molecular complexity index is 814. The molecule has 1 unspecified atom stereocenters. The van der Waals surface area contributed by atoms with E-state index in [-0.39, 0.29) is 17.9 Å². The third-order valence-corrected chi connectivity index (χ3v) is 4.66. The normalized spacial score (nSPS) is 17.7. The number of hydrogen-bond donors (Lipinski definition) is 0. The SMILES string of the molecule is CC(=O)N1CCN(C(=O)c2nnn(-c3cccc(C)c3)c2C)CC1C. The molecule has 2 heterocycles. The van der Waals surface area contributed by atoms with Gasteiger partial charge in [0.1, 0.15) is 0 Å². The van der Waals surface area contributed by atoms with Gasteiger partial charge in [-0.25, -0.2) is 4.68 Å². The molecule has 1 aliphatic heterocycles. The zero-order chi connectivity index (χ0) is 18.1. The first kappa shape index (κ1) is 17.1. The van der Waals surface area contributed by atoms with E-state index >= 15 is 0 Å². The van der Waals surface area contributed by atoms with Crippen LogP contribution in [0.1, 0.15) is 35.6 Å². The van der Waals surface area contributed by atoms with E-state index < -0.39 is 0 Å². The van der Waals surface area contributed by atoms with Gasteiger partial charge in [0.2, 0.25) is 5.91 Å². The highest BCUT2D eigenvalue weighted by atomic mass is 16.2. The molecule has 1 saturated heterocycles. The highest BCUT2D eigenvalue weighted by Crippen LogP contribution is 2.17. The lowest BCUT2D eigenvalue weighted by Crippen LogP contribution is -2.55. The second-order valence-corrected chi connectivity index (χ2v) is 6.59. The standard InChI is InChI=1S/C18H23N5O2/c1-12-6-5-7-16(10-12)23-14(3)17(19-20-23)18(25)21-8-9-22(15(4)24)13(2)11-21/h5-7,10,13H,8-9,11H2,1-4H3. The van der Waals surface area contributed by atoms with Crippen molar-refractivity contribution in [3.8, 4) is 5.69 Å². The quantitative estimate of drug-likeness (QED) is 0.831. The number of carbonyl (C=O) groups excluding carboxylic acids is 2.